The van der Waals surface area contributed by atoms with Gasteiger partial charge in [-0.3, -0.25) is 0 Å². The summed E-state index contributed by atoms with van der Waals surface area (Å²) >= 11 is 0. The average molecular weight is 248 g/mol. The van der Waals surface area contributed by atoms with Crippen LogP contribution in [0.25, 0.3) is 0 Å². The third kappa shape index (κ3) is 2.60. The summed E-state index contributed by atoms with van der Waals surface area (Å²) in [6.45, 7) is 10.4. The molecule has 2 nitrogen and oxygen atoms in total. The number of hydrogen-bond acceptors (Lipinski definition) is 2. The molecule has 2 rings (SSSR count). The maximum atomic E-state index is 10.6. The highest BCUT2D eigenvalue weighted by molar-refractivity contribution is 5.24. The molecular weight excluding hydrogens is 224 g/mol. The fourth-order valence-electron chi connectivity index (χ4n) is 3.09. The van der Waals surface area contributed by atoms with E-state index in [0.29, 0.717) is 0 Å². The molecule has 0 bridgehead atoms. The van der Waals surface area contributed by atoms with Crippen molar-refractivity contribution in [1.82, 2.24) is 0 Å². The number of rotatable bonds is 2. The Labute approximate surface area is 110 Å². The van der Waals surface area contributed by atoms with Crippen LogP contribution in [-0.4, -0.2) is 16.3 Å². The SMILES string of the molecule is Cc1ccc(C(O)C2CC(C)(C)OC2(C)C)cc1. The molecule has 1 aliphatic heterocycles. The lowest BCUT2D eigenvalue weighted by atomic mass is 9.80. The predicted molar refractivity (Wildman–Crippen MR) is 73.5 cm³/mol. The lowest BCUT2D eigenvalue weighted by Crippen LogP contribution is -2.32. The molecule has 0 saturated carbocycles. The molecule has 100 valence electrons. The monoisotopic (exact) mass is 248 g/mol. The number of ether oxygens (including phenoxy) is 1. The zero-order chi connectivity index (χ0) is 13.6. The number of aryl methyl sites for hydroxylation is 1. The molecule has 0 aliphatic carbocycles. The number of benzene rings is 1. The van der Waals surface area contributed by atoms with Crippen molar-refractivity contribution >= 4 is 0 Å². The Morgan fingerprint density at radius 2 is 1.72 bits per heavy atom. The summed E-state index contributed by atoms with van der Waals surface area (Å²) in [5.74, 6) is 0.134. The molecule has 1 aromatic carbocycles. The maximum absolute atomic E-state index is 10.6. The summed E-state index contributed by atoms with van der Waals surface area (Å²) in [6, 6.07) is 8.13. The predicted octanol–water partition coefficient (Wildman–Crippen LogP) is 3.62. The van der Waals surface area contributed by atoms with Gasteiger partial charge >= 0.3 is 0 Å². The first-order chi connectivity index (χ1) is 8.21. The van der Waals surface area contributed by atoms with Gasteiger partial charge in [0.2, 0.25) is 0 Å². The molecule has 2 unspecified atom stereocenters. The first-order valence-electron chi connectivity index (χ1n) is 6.66. The van der Waals surface area contributed by atoms with Gasteiger partial charge in [-0.25, -0.2) is 0 Å². The maximum Gasteiger partial charge on any atom is 0.0846 e. The molecule has 1 aromatic rings. The molecule has 0 radical (unpaired) electrons. The molecule has 2 atom stereocenters. The van der Waals surface area contributed by atoms with E-state index in [1.54, 1.807) is 0 Å². The van der Waals surface area contributed by atoms with Crippen molar-refractivity contribution in [3.63, 3.8) is 0 Å². The largest absolute Gasteiger partial charge is 0.388 e. The summed E-state index contributed by atoms with van der Waals surface area (Å²) < 4.78 is 6.06. The molecule has 0 aromatic heterocycles. The smallest absolute Gasteiger partial charge is 0.0846 e. The molecule has 1 N–H and O–H groups in total. The number of aliphatic hydroxyl groups excluding tert-OH is 1. The van der Waals surface area contributed by atoms with Gasteiger partial charge in [0.15, 0.2) is 0 Å². The standard InChI is InChI=1S/C16H24O2/c1-11-6-8-12(9-7-11)14(17)13-10-15(2,3)18-16(13,4)5/h6-9,13-14,17H,10H2,1-5H3. The number of hydrogen-bond donors (Lipinski definition) is 1. The lowest BCUT2D eigenvalue weighted by molar-refractivity contribution is -0.0880. The van der Waals surface area contributed by atoms with Gasteiger partial charge in [0, 0.05) is 5.92 Å². The molecule has 2 heteroatoms. The van der Waals surface area contributed by atoms with E-state index in [9.17, 15) is 5.11 Å². The minimum absolute atomic E-state index is 0.134. The van der Waals surface area contributed by atoms with Crippen LogP contribution in [0.5, 0.6) is 0 Å². The van der Waals surface area contributed by atoms with Crippen LogP contribution in [0.4, 0.5) is 0 Å². The first kappa shape index (κ1) is 13.6. The molecular formula is C16H24O2. The Morgan fingerprint density at radius 3 is 2.17 bits per heavy atom. The van der Waals surface area contributed by atoms with Crippen LogP contribution in [0, 0.1) is 12.8 Å². The minimum Gasteiger partial charge on any atom is -0.388 e. The lowest BCUT2D eigenvalue weighted by Gasteiger charge is -2.30. The van der Waals surface area contributed by atoms with E-state index in [4.69, 9.17) is 4.74 Å². The van der Waals surface area contributed by atoms with E-state index in [0.717, 1.165) is 12.0 Å². The van der Waals surface area contributed by atoms with Crippen LogP contribution in [0.15, 0.2) is 24.3 Å². The summed E-state index contributed by atoms with van der Waals surface area (Å²) in [5, 5.41) is 10.6. The normalized spacial score (nSPS) is 27.1. The summed E-state index contributed by atoms with van der Waals surface area (Å²) in [5.41, 5.74) is 1.77. The summed E-state index contributed by atoms with van der Waals surface area (Å²) in [4.78, 5) is 0. The fourth-order valence-corrected chi connectivity index (χ4v) is 3.09. The zero-order valence-corrected chi connectivity index (χ0v) is 12.0. The Bertz CT molecular complexity index is 417. The second-order valence-electron chi connectivity index (χ2n) is 6.63. The number of aliphatic hydroxyl groups is 1. The molecule has 1 heterocycles. The van der Waals surface area contributed by atoms with E-state index in [2.05, 4.69) is 34.6 Å². The van der Waals surface area contributed by atoms with Crippen molar-refractivity contribution in [2.45, 2.75) is 58.3 Å². The first-order valence-corrected chi connectivity index (χ1v) is 6.66. The minimum atomic E-state index is -0.456. The quantitative estimate of drug-likeness (QED) is 0.866. The van der Waals surface area contributed by atoms with Gasteiger partial charge in [-0.15, -0.1) is 0 Å². The topological polar surface area (TPSA) is 29.5 Å². The third-order valence-corrected chi connectivity index (χ3v) is 3.94. The van der Waals surface area contributed by atoms with Crippen LogP contribution < -0.4 is 0 Å². The Kier molecular flexibility index (Phi) is 3.28. The van der Waals surface area contributed by atoms with Gasteiger partial charge in [-0.1, -0.05) is 29.8 Å². The highest BCUT2D eigenvalue weighted by atomic mass is 16.5. The Morgan fingerprint density at radius 1 is 1.17 bits per heavy atom. The van der Waals surface area contributed by atoms with Crippen LogP contribution in [0.2, 0.25) is 0 Å². The van der Waals surface area contributed by atoms with Crippen LogP contribution in [0.3, 0.4) is 0 Å². The van der Waals surface area contributed by atoms with Crippen molar-refractivity contribution < 1.29 is 9.84 Å². The second-order valence-corrected chi connectivity index (χ2v) is 6.63. The van der Waals surface area contributed by atoms with Crippen molar-refractivity contribution in [3.05, 3.63) is 35.4 Å². The van der Waals surface area contributed by atoms with Gasteiger partial charge in [-0.2, -0.15) is 0 Å². The molecule has 1 aliphatic rings. The van der Waals surface area contributed by atoms with Crippen LogP contribution in [0.1, 0.15) is 51.3 Å². The van der Waals surface area contributed by atoms with Gasteiger partial charge in [0.1, 0.15) is 0 Å². The molecule has 1 fully saturated rings. The van der Waals surface area contributed by atoms with E-state index in [-0.39, 0.29) is 17.1 Å². The molecule has 0 spiro atoms. The van der Waals surface area contributed by atoms with E-state index in [1.165, 1.54) is 5.56 Å². The molecule has 18 heavy (non-hydrogen) atoms. The van der Waals surface area contributed by atoms with E-state index >= 15 is 0 Å². The molecule has 1 saturated heterocycles. The van der Waals surface area contributed by atoms with Gasteiger partial charge < -0.3 is 9.84 Å². The highest BCUT2D eigenvalue weighted by Gasteiger charge is 2.48. The van der Waals surface area contributed by atoms with Crippen molar-refractivity contribution in [3.8, 4) is 0 Å². The Balaban J connectivity index is 2.23. The van der Waals surface area contributed by atoms with Gasteiger partial charge in [-0.05, 0) is 46.6 Å². The Hall–Kier alpha value is -0.860. The fraction of sp³-hybridized carbons (Fsp3) is 0.625. The van der Waals surface area contributed by atoms with Crippen LogP contribution >= 0.6 is 0 Å². The highest BCUT2D eigenvalue weighted by Crippen LogP contribution is 2.47. The second kappa shape index (κ2) is 4.36. The van der Waals surface area contributed by atoms with Gasteiger partial charge in [0.25, 0.3) is 0 Å². The van der Waals surface area contributed by atoms with E-state index in [1.807, 2.05) is 24.3 Å². The average Bonchev–Trinajstić information content (AvgIpc) is 2.47. The van der Waals surface area contributed by atoms with Gasteiger partial charge in [0.05, 0.1) is 17.3 Å². The third-order valence-electron chi connectivity index (χ3n) is 3.94. The van der Waals surface area contributed by atoms with Crippen molar-refractivity contribution in [1.29, 1.82) is 0 Å². The van der Waals surface area contributed by atoms with Crippen LogP contribution in [-0.2, 0) is 4.74 Å². The summed E-state index contributed by atoms with van der Waals surface area (Å²) in [7, 11) is 0. The summed E-state index contributed by atoms with van der Waals surface area (Å²) in [6.07, 6.45) is 0.428. The zero-order valence-electron chi connectivity index (χ0n) is 12.0. The van der Waals surface area contributed by atoms with Crippen molar-refractivity contribution in [2.75, 3.05) is 0 Å². The van der Waals surface area contributed by atoms with Crippen molar-refractivity contribution in [2.24, 2.45) is 5.92 Å². The molecule has 0 amide bonds. The van der Waals surface area contributed by atoms with E-state index < -0.39 is 6.10 Å².